The van der Waals surface area contributed by atoms with Gasteiger partial charge in [0, 0.05) is 6.54 Å². The van der Waals surface area contributed by atoms with Crippen LogP contribution in [0.1, 0.15) is 0 Å². The Balaban J connectivity index is -0.0000000910. The topological polar surface area (TPSA) is 136 Å². The van der Waals surface area contributed by atoms with Crippen molar-refractivity contribution in [3.8, 4) is 0 Å². The molecule has 0 unspecified atom stereocenters. The van der Waals surface area contributed by atoms with E-state index in [4.69, 9.17) is 23.3 Å². The van der Waals surface area contributed by atoms with E-state index in [9.17, 15) is 0 Å². The maximum absolute atomic E-state index is 8.74. The minimum atomic E-state index is -4.67. The fourth-order valence-corrected chi connectivity index (χ4v) is 0. The van der Waals surface area contributed by atoms with E-state index in [1.165, 1.54) is 0 Å². The summed E-state index contributed by atoms with van der Waals surface area (Å²) in [5.41, 5.74) is 4.91. The second-order valence-corrected chi connectivity index (χ2v) is 1.87. The zero-order chi connectivity index (χ0) is 7.91. The third-order valence-corrected chi connectivity index (χ3v) is 0.167. The Morgan fingerprint density at radius 1 is 1.50 bits per heavy atom. The second kappa shape index (κ2) is 8.53. The summed E-state index contributed by atoms with van der Waals surface area (Å²) in [6.07, 6.45) is 1.65. The molecule has 0 saturated heterocycles. The Morgan fingerprint density at radius 2 is 1.60 bits per heavy atom. The van der Waals surface area contributed by atoms with Gasteiger partial charge in [0.25, 0.3) is 0 Å². The molecule has 0 spiro atoms. The number of hydrogen-bond acceptors (Lipinski definition) is 4. The van der Waals surface area contributed by atoms with Crippen molar-refractivity contribution >= 4 is 10.4 Å². The third kappa shape index (κ3) is 1140. The largest absolute Gasteiger partial charge is 0.394 e. The van der Waals surface area contributed by atoms with Crippen LogP contribution in [0.25, 0.3) is 0 Å². The summed E-state index contributed by atoms with van der Waals surface area (Å²) in [5.74, 6) is 0. The molecule has 0 aromatic carbocycles. The Bertz CT molecular complexity index is 144. The zero-order valence-corrected chi connectivity index (χ0v) is 6.21. The maximum Gasteiger partial charge on any atom is 0.394 e. The van der Waals surface area contributed by atoms with Gasteiger partial charge in [-0.2, -0.15) is 8.42 Å². The van der Waals surface area contributed by atoms with E-state index in [0.717, 1.165) is 0 Å². The van der Waals surface area contributed by atoms with Gasteiger partial charge in [0.15, 0.2) is 0 Å². The maximum atomic E-state index is 8.74. The van der Waals surface area contributed by atoms with Crippen molar-refractivity contribution in [2.24, 2.45) is 5.73 Å². The van der Waals surface area contributed by atoms with Gasteiger partial charge in [0.2, 0.25) is 0 Å². The average molecular weight is 172 g/mol. The molecule has 0 radical (unpaired) electrons. The summed E-state index contributed by atoms with van der Waals surface area (Å²) >= 11 is 0. The highest BCUT2D eigenvalue weighted by Gasteiger charge is 1.84. The molecule has 0 atom stereocenters. The van der Waals surface area contributed by atoms with Gasteiger partial charge < -0.3 is 11.9 Å². The van der Waals surface area contributed by atoms with E-state index in [-0.39, 0.29) is 6.15 Å². The lowest BCUT2D eigenvalue weighted by Gasteiger charge is -1.68. The minimum absolute atomic E-state index is 0. The molecule has 0 rings (SSSR count). The fraction of sp³-hybridized carbons (Fsp3) is 0.333. The molecular formula is C3H12N2O4S. The van der Waals surface area contributed by atoms with Gasteiger partial charge in [-0.15, -0.1) is 6.58 Å². The summed E-state index contributed by atoms with van der Waals surface area (Å²) in [7, 11) is -4.67. The molecule has 6 nitrogen and oxygen atoms in total. The van der Waals surface area contributed by atoms with E-state index in [2.05, 4.69) is 6.58 Å². The van der Waals surface area contributed by atoms with E-state index in [0.29, 0.717) is 6.54 Å². The Morgan fingerprint density at radius 3 is 1.60 bits per heavy atom. The molecule has 0 aromatic heterocycles. The SMILES string of the molecule is C=CCN.N.O=S(=O)(O)O. The zero-order valence-electron chi connectivity index (χ0n) is 5.40. The Kier molecular flexibility index (Phi) is 13.9. The van der Waals surface area contributed by atoms with Crippen LogP contribution in [0.2, 0.25) is 0 Å². The van der Waals surface area contributed by atoms with Crippen molar-refractivity contribution in [1.82, 2.24) is 6.15 Å². The molecule has 0 aliphatic heterocycles. The van der Waals surface area contributed by atoms with Crippen molar-refractivity contribution in [2.75, 3.05) is 6.54 Å². The highest BCUT2D eigenvalue weighted by atomic mass is 32.3. The van der Waals surface area contributed by atoms with Crippen LogP contribution in [0.5, 0.6) is 0 Å². The number of hydrogen-bond donors (Lipinski definition) is 4. The Hall–Kier alpha value is -0.470. The first-order valence-electron chi connectivity index (χ1n) is 1.92. The normalized spacial score (nSPS) is 8.30. The van der Waals surface area contributed by atoms with Crippen molar-refractivity contribution in [3.05, 3.63) is 12.7 Å². The van der Waals surface area contributed by atoms with Crippen LogP contribution in [0.3, 0.4) is 0 Å². The first-order valence-corrected chi connectivity index (χ1v) is 3.32. The third-order valence-electron chi connectivity index (χ3n) is 0.167. The van der Waals surface area contributed by atoms with Crippen LogP contribution in [0.15, 0.2) is 12.7 Å². The molecule has 7 N–H and O–H groups in total. The lowest BCUT2D eigenvalue weighted by atomic mass is 10.7. The Labute approximate surface area is 59.9 Å². The minimum Gasteiger partial charge on any atom is -0.344 e. The second-order valence-electron chi connectivity index (χ2n) is 0.972. The molecule has 0 aliphatic carbocycles. The molecule has 0 bridgehead atoms. The summed E-state index contributed by atoms with van der Waals surface area (Å²) in [5, 5.41) is 0. The lowest BCUT2D eigenvalue weighted by molar-refractivity contribution is 0.381. The molecule has 7 heteroatoms. The van der Waals surface area contributed by atoms with Crippen molar-refractivity contribution < 1.29 is 17.5 Å². The molecule has 10 heavy (non-hydrogen) atoms. The molecule has 0 amide bonds. The van der Waals surface area contributed by atoms with Crippen molar-refractivity contribution in [3.63, 3.8) is 0 Å². The summed E-state index contributed by atoms with van der Waals surface area (Å²) in [4.78, 5) is 0. The standard InChI is InChI=1S/C3H7N.H3N.H2O4S/c1-2-3-4;;1-5(2,3)4/h2H,1,3-4H2;1H3;(H2,1,2,3,4). The van der Waals surface area contributed by atoms with Crippen LogP contribution in [-0.2, 0) is 10.4 Å². The molecular weight excluding hydrogens is 160 g/mol. The van der Waals surface area contributed by atoms with Crippen LogP contribution < -0.4 is 11.9 Å². The van der Waals surface area contributed by atoms with E-state index in [1.807, 2.05) is 0 Å². The predicted molar refractivity (Wildman–Crippen MR) is 38.5 cm³/mol. The van der Waals surface area contributed by atoms with Gasteiger partial charge in [-0.25, -0.2) is 0 Å². The quantitative estimate of drug-likeness (QED) is 0.315. The number of nitrogens with two attached hydrogens (primary N) is 1. The lowest BCUT2D eigenvalue weighted by Crippen LogP contribution is -1.90. The monoisotopic (exact) mass is 172 g/mol. The highest BCUT2D eigenvalue weighted by molar-refractivity contribution is 7.79. The van der Waals surface area contributed by atoms with Gasteiger partial charge in [-0.05, 0) is 0 Å². The molecule has 0 fully saturated rings. The van der Waals surface area contributed by atoms with Gasteiger partial charge >= 0.3 is 10.4 Å². The average Bonchev–Trinajstić information content (AvgIpc) is 1.61. The van der Waals surface area contributed by atoms with E-state index >= 15 is 0 Å². The first-order chi connectivity index (χ1) is 3.91. The molecule has 0 aromatic rings. The van der Waals surface area contributed by atoms with Gasteiger partial charge in [0.1, 0.15) is 0 Å². The highest BCUT2D eigenvalue weighted by Crippen LogP contribution is 1.59. The summed E-state index contributed by atoms with van der Waals surface area (Å²) < 4.78 is 31.6. The molecule has 0 aliphatic rings. The van der Waals surface area contributed by atoms with Crippen molar-refractivity contribution in [1.29, 1.82) is 0 Å². The first kappa shape index (κ1) is 16.3. The molecule has 0 saturated carbocycles. The molecule has 0 heterocycles. The van der Waals surface area contributed by atoms with Crippen molar-refractivity contribution in [2.45, 2.75) is 0 Å². The van der Waals surface area contributed by atoms with E-state index < -0.39 is 10.4 Å². The summed E-state index contributed by atoms with van der Waals surface area (Å²) in [6.45, 7) is 3.94. The van der Waals surface area contributed by atoms with Crippen LogP contribution in [0.4, 0.5) is 0 Å². The van der Waals surface area contributed by atoms with Crippen LogP contribution in [0, 0.1) is 0 Å². The number of rotatable bonds is 1. The fourth-order valence-electron chi connectivity index (χ4n) is 0. The van der Waals surface area contributed by atoms with Gasteiger partial charge in [-0.3, -0.25) is 9.11 Å². The van der Waals surface area contributed by atoms with Gasteiger partial charge in [0.05, 0.1) is 0 Å². The van der Waals surface area contributed by atoms with E-state index in [1.54, 1.807) is 6.08 Å². The molecule has 64 valence electrons. The van der Waals surface area contributed by atoms with Crippen LogP contribution >= 0.6 is 0 Å². The van der Waals surface area contributed by atoms with Crippen LogP contribution in [-0.4, -0.2) is 24.1 Å². The van der Waals surface area contributed by atoms with Gasteiger partial charge in [-0.1, -0.05) is 6.08 Å². The smallest absolute Gasteiger partial charge is 0.344 e. The summed E-state index contributed by atoms with van der Waals surface area (Å²) in [6, 6.07) is 0. The predicted octanol–water partition coefficient (Wildman–Crippen LogP) is -0.360.